The second-order valence-corrected chi connectivity index (χ2v) is 5.78. The maximum absolute atomic E-state index is 12.1. The van der Waals surface area contributed by atoms with Gasteiger partial charge in [0.15, 0.2) is 0 Å². The number of likely N-dealkylation sites (N-methyl/N-ethyl adjacent to an activating group) is 1. The predicted molar refractivity (Wildman–Crippen MR) is 83.2 cm³/mol. The Bertz CT molecular complexity index is 662. The summed E-state index contributed by atoms with van der Waals surface area (Å²) in [6.07, 6.45) is 2.82. The normalized spacial score (nSPS) is 22.2. The van der Waals surface area contributed by atoms with Crippen LogP contribution in [0.15, 0.2) is 24.3 Å². The second kappa shape index (κ2) is 5.53. The number of aromatic nitrogens is 1. The van der Waals surface area contributed by atoms with Gasteiger partial charge < -0.3 is 9.72 Å². The van der Waals surface area contributed by atoms with Crippen molar-refractivity contribution in [3.05, 3.63) is 35.5 Å². The fourth-order valence-electron chi connectivity index (χ4n) is 3.49. The number of hydrogen-bond acceptors (Lipinski definition) is 3. The number of rotatable bonds is 3. The lowest BCUT2D eigenvalue weighted by atomic mass is 9.90. The summed E-state index contributed by atoms with van der Waals surface area (Å²) in [5, 5.41) is 1.23. The Morgan fingerprint density at radius 2 is 2.19 bits per heavy atom. The van der Waals surface area contributed by atoms with E-state index in [0.29, 0.717) is 6.42 Å². The van der Waals surface area contributed by atoms with Gasteiger partial charge in [-0.1, -0.05) is 31.5 Å². The van der Waals surface area contributed by atoms with Gasteiger partial charge in [-0.25, -0.2) is 0 Å². The van der Waals surface area contributed by atoms with Gasteiger partial charge in [0.25, 0.3) is 0 Å². The van der Waals surface area contributed by atoms with Gasteiger partial charge in [0.1, 0.15) is 6.04 Å². The summed E-state index contributed by atoms with van der Waals surface area (Å²) < 4.78 is 5.00. The number of hydrogen-bond donors (Lipinski definition) is 1. The summed E-state index contributed by atoms with van der Waals surface area (Å²) in [4.78, 5) is 17.8. The predicted octanol–water partition coefficient (Wildman–Crippen LogP) is 3.04. The first kappa shape index (κ1) is 14.1. The third kappa shape index (κ3) is 2.23. The Hall–Kier alpha value is -1.81. The molecule has 112 valence electrons. The molecule has 2 aromatic rings. The number of esters is 1. The van der Waals surface area contributed by atoms with E-state index in [4.69, 9.17) is 4.74 Å². The Balaban J connectivity index is 2.12. The number of nitrogens with zero attached hydrogens (tertiary/aromatic N) is 1. The summed E-state index contributed by atoms with van der Waals surface area (Å²) in [6.45, 7) is 2.18. The van der Waals surface area contributed by atoms with Gasteiger partial charge >= 0.3 is 5.97 Å². The van der Waals surface area contributed by atoms with Crippen LogP contribution in [0.25, 0.3) is 10.9 Å². The van der Waals surface area contributed by atoms with E-state index in [0.717, 1.165) is 18.4 Å². The number of fused-ring (bicyclic) bond motifs is 3. The smallest absolute Gasteiger partial charge is 0.323 e. The minimum absolute atomic E-state index is 0.144. The molecule has 1 aromatic heterocycles. The average Bonchev–Trinajstić information content (AvgIpc) is 2.87. The minimum atomic E-state index is -0.196. The number of carbonyl (C=O) groups is 1. The second-order valence-electron chi connectivity index (χ2n) is 5.78. The number of carbonyl (C=O) groups excluding carboxylic acids is 1. The Morgan fingerprint density at radius 1 is 1.43 bits per heavy atom. The van der Waals surface area contributed by atoms with Crippen LogP contribution >= 0.6 is 0 Å². The van der Waals surface area contributed by atoms with Crippen molar-refractivity contribution in [1.82, 2.24) is 9.88 Å². The van der Waals surface area contributed by atoms with Gasteiger partial charge in [0.2, 0.25) is 0 Å². The third-order valence-corrected chi connectivity index (χ3v) is 4.60. The Morgan fingerprint density at radius 3 is 2.90 bits per heavy atom. The molecule has 21 heavy (non-hydrogen) atoms. The number of ether oxygens (including phenoxy) is 1. The van der Waals surface area contributed by atoms with E-state index in [2.05, 4.69) is 35.0 Å². The zero-order chi connectivity index (χ0) is 15.0. The molecule has 0 aliphatic carbocycles. The van der Waals surface area contributed by atoms with Crippen LogP contribution in [0.3, 0.4) is 0 Å². The first-order chi connectivity index (χ1) is 10.2. The molecule has 0 fully saturated rings. The summed E-state index contributed by atoms with van der Waals surface area (Å²) >= 11 is 0. The molecule has 0 radical (unpaired) electrons. The van der Waals surface area contributed by atoms with Crippen LogP contribution in [0.1, 0.15) is 37.1 Å². The van der Waals surface area contributed by atoms with Crippen LogP contribution in [0.5, 0.6) is 0 Å². The van der Waals surface area contributed by atoms with E-state index in [-0.39, 0.29) is 18.1 Å². The molecule has 3 rings (SSSR count). The topological polar surface area (TPSA) is 45.3 Å². The Kier molecular flexibility index (Phi) is 3.72. The van der Waals surface area contributed by atoms with Crippen molar-refractivity contribution in [1.29, 1.82) is 0 Å². The molecule has 4 heteroatoms. The lowest BCUT2D eigenvalue weighted by Crippen LogP contribution is -2.46. The van der Waals surface area contributed by atoms with Crippen LogP contribution in [0.4, 0.5) is 0 Å². The van der Waals surface area contributed by atoms with Crippen molar-refractivity contribution in [2.24, 2.45) is 0 Å². The molecule has 2 heterocycles. The largest absolute Gasteiger partial charge is 0.468 e. The first-order valence-corrected chi connectivity index (χ1v) is 7.56. The molecule has 0 amide bonds. The lowest BCUT2D eigenvalue weighted by molar-refractivity contribution is -0.148. The quantitative estimate of drug-likeness (QED) is 0.882. The van der Waals surface area contributed by atoms with Crippen LogP contribution in [-0.2, 0) is 16.0 Å². The van der Waals surface area contributed by atoms with E-state index < -0.39 is 0 Å². The van der Waals surface area contributed by atoms with Crippen molar-refractivity contribution in [3.8, 4) is 0 Å². The number of aromatic amines is 1. The van der Waals surface area contributed by atoms with E-state index in [9.17, 15) is 4.79 Å². The van der Waals surface area contributed by atoms with Crippen LogP contribution in [0.2, 0.25) is 0 Å². The van der Waals surface area contributed by atoms with Crippen molar-refractivity contribution < 1.29 is 9.53 Å². The highest BCUT2D eigenvalue weighted by Crippen LogP contribution is 2.38. The fourth-order valence-corrected chi connectivity index (χ4v) is 3.49. The average molecular weight is 286 g/mol. The number of para-hydroxylation sites is 1. The van der Waals surface area contributed by atoms with E-state index >= 15 is 0 Å². The molecule has 1 aliphatic rings. The monoisotopic (exact) mass is 286 g/mol. The van der Waals surface area contributed by atoms with Crippen molar-refractivity contribution in [3.63, 3.8) is 0 Å². The SMILES string of the molecule is CCC[C@@H]1c2[nH]c3ccccc3c2C[C@@H](C(=O)OC)N1C. The van der Waals surface area contributed by atoms with Gasteiger partial charge in [-0.2, -0.15) is 0 Å². The van der Waals surface area contributed by atoms with Crippen molar-refractivity contribution in [2.75, 3.05) is 14.2 Å². The zero-order valence-electron chi connectivity index (χ0n) is 12.8. The molecule has 4 nitrogen and oxygen atoms in total. The molecule has 0 saturated carbocycles. The van der Waals surface area contributed by atoms with Crippen molar-refractivity contribution >= 4 is 16.9 Å². The molecular formula is C17H22N2O2. The number of H-pyrrole nitrogens is 1. The highest BCUT2D eigenvalue weighted by molar-refractivity contribution is 5.87. The highest BCUT2D eigenvalue weighted by atomic mass is 16.5. The maximum Gasteiger partial charge on any atom is 0.323 e. The molecule has 0 saturated heterocycles. The molecular weight excluding hydrogens is 264 g/mol. The van der Waals surface area contributed by atoms with Crippen LogP contribution in [-0.4, -0.2) is 36.1 Å². The van der Waals surface area contributed by atoms with E-state index in [1.165, 1.54) is 23.8 Å². The number of nitrogens with one attached hydrogen (secondary N) is 1. The van der Waals surface area contributed by atoms with E-state index in [1.54, 1.807) is 0 Å². The van der Waals surface area contributed by atoms with Gasteiger partial charge in [-0.15, -0.1) is 0 Å². The van der Waals surface area contributed by atoms with Gasteiger partial charge in [0, 0.05) is 23.0 Å². The lowest BCUT2D eigenvalue weighted by Gasteiger charge is -2.38. The molecule has 1 aliphatic heterocycles. The molecule has 0 unspecified atom stereocenters. The molecule has 0 bridgehead atoms. The maximum atomic E-state index is 12.1. The van der Waals surface area contributed by atoms with Crippen molar-refractivity contribution in [2.45, 2.75) is 38.3 Å². The van der Waals surface area contributed by atoms with Crippen LogP contribution < -0.4 is 0 Å². The summed E-state index contributed by atoms with van der Waals surface area (Å²) in [5.41, 5.74) is 3.70. The first-order valence-electron chi connectivity index (χ1n) is 7.56. The van der Waals surface area contributed by atoms with Gasteiger partial charge in [0.05, 0.1) is 13.2 Å². The minimum Gasteiger partial charge on any atom is -0.468 e. The molecule has 2 atom stereocenters. The summed E-state index contributed by atoms with van der Waals surface area (Å²) in [5.74, 6) is -0.144. The fraction of sp³-hybridized carbons (Fsp3) is 0.471. The standard InChI is InChI=1S/C17H22N2O2/c1-4-7-14-16-12(10-15(19(14)2)17(20)21-3)11-8-5-6-9-13(11)18-16/h5-6,8-9,14-15,18H,4,7,10H2,1-3H3/t14-,15+/m1/s1. The third-order valence-electron chi connectivity index (χ3n) is 4.60. The number of benzene rings is 1. The van der Waals surface area contributed by atoms with Gasteiger partial charge in [-0.3, -0.25) is 9.69 Å². The summed E-state index contributed by atoms with van der Waals surface area (Å²) in [6, 6.07) is 8.38. The summed E-state index contributed by atoms with van der Waals surface area (Å²) in [7, 11) is 3.49. The van der Waals surface area contributed by atoms with E-state index in [1.807, 2.05) is 13.1 Å². The molecule has 1 aromatic carbocycles. The number of methoxy groups -OCH3 is 1. The zero-order valence-corrected chi connectivity index (χ0v) is 12.8. The molecule has 1 N–H and O–H groups in total. The van der Waals surface area contributed by atoms with Crippen LogP contribution in [0, 0.1) is 0 Å². The highest BCUT2D eigenvalue weighted by Gasteiger charge is 2.37. The Labute approximate surface area is 125 Å². The van der Waals surface area contributed by atoms with Gasteiger partial charge in [-0.05, 0) is 25.1 Å². The molecule has 0 spiro atoms.